The lowest BCUT2D eigenvalue weighted by atomic mass is 10.0. The van der Waals surface area contributed by atoms with Crippen molar-refractivity contribution >= 4 is 58.6 Å². The van der Waals surface area contributed by atoms with Crippen molar-refractivity contribution in [2.45, 2.75) is 63.5 Å². The molecule has 0 saturated carbocycles. The zero-order valence-corrected chi connectivity index (χ0v) is 24.8. The molecule has 5 rings (SSSR count). The topological polar surface area (TPSA) is 200 Å². The summed E-state index contributed by atoms with van der Waals surface area (Å²) in [4.78, 5) is 101. The molecule has 0 radical (unpaired) electrons. The second-order valence-electron chi connectivity index (χ2n) is 11.2. The Bertz CT molecular complexity index is 1680. The molecule has 14 nitrogen and oxygen atoms in total. The molecule has 2 atom stereocenters. The highest BCUT2D eigenvalue weighted by molar-refractivity contribution is 6.25. The molecule has 2 aromatic rings. The summed E-state index contributed by atoms with van der Waals surface area (Å²) in [5.41, 5.74) is 1.20. The number of piperidine rings is 2. The van der Waals surface area contributed by atoms with Gasteiger partial charge in [-0.2, -0.15) is 0 Å². The zero-order valence-electron chi connectivity index (χ0n) is 24.8. The maximum absolute atomic E-state index is 13.3. The van der Waals surface area contributed by atoms with Gasteiger partial charge in [0.05, 0.1) is 28.1 Å². The van der Waals surface area contributed by atoms with Gasteiger partial charge in [0.25, 0.3) is 17.7 Å². The smallest absolute Gasteiger partial charge is 0.264 e. The minimum absolute atomic E-state index is 0.0257. The standard InChI is InChI=1S/C32H32N6O8/c1-17-13-15-23(30(44)33-17)38-31(45)19-8-6-10-21(27(19)32(38)46)35-25(40)12-5-4-11-24(39)34-20-9-3-2-7-18(20)28(42)36-22-14-16-26(41)37-29(22)43/h2-3,6-10,22-23H,1,4-5,11-16H2,(H,33,44)(H,34,39)(H,35,40)(H,36,42)(H,37,41,43). The van der Waals surface area contributed by atoms with Gasteiger partial charge in [0, 0.05) is 25.0 Å². The molecule has 46 heavy (non-hydrogen) atoms. The molecule has 2 aromatic carbocycles. The Morgan fingerprint density at radius 2 is 1.46 bits per heavy atom. The molecule has 2 saturated heterocycles. The van der Waals surface area contributed by atoms with Crippen molar-refractivity contribution in [3.63, 3.8) is 0 Å². The van der Waals surface area contributed by atoms with Gasteiger partial charge in [0.15, 0.2) is 0 Å². The molecule has 2 unspecified atom stereocenters. The van der Waals surface area contributed by atoms with Crippen LogP contribution in [0.4, 0.5) is 11.4 Å². The number of benzene rings is 2. The number of nitrogens with zero attached hydrogens (tertiary/aromatic N) is 1. The van der Waals surface area contributed by atoms with E-state index in [0.29, 0.717) is 25.0 Å². The number of unbranched alkanes of at least 4 members (excludes halogenated alkanes) is 1. The number of nitrogens with one attached hydrogen (secondary N) is 5. The van der Waals surface area contributed by atoms with E-state index in [4.69, 9.17) is 0 Å². The number of allylic oxidation sites excluding steroid dienone is 1. The molecule has 0 bridgehead atoms. The molecule has 2 fully saturated rings. The van der Waals surface area contributed by atoms with Crippen LogP contribution in [0, 0.1) is 0 Å². The van der Waals surface area contributed by atoms with Crippen LogP contribution in [0.1, 0.15) is 82.4 Å². The highest BCUT2D eigenvalue weighted by Gasteiger charge is 2.45. The van der Waals surface area contributed by atoms with E-state index in [1.807, 2.05) is 0 Å². The molecule has 0 spiro atoms. The number of imide groups is 2. The van der Waals surface area contributed by atoms with E-state index in [0.717, 1.165) is 4.90 Å². The number of para-hydroxylation sites is 1. The fourth-order valence-corrected chi connectivity index (χ4v) is 5.55. The van der Waals surface area contributed by atoms with Gasteiger partial charge in [-0.15, -0.1) is 0 Å². The molecule has 0 aromatic heterocycles. The Morgan fingerprint density at radius 1 is 0.783 bits per heavy atom. The number of rotatable bonds is 10. The normalized spacial score (nSPS) is 19.3. The van der Waals surface area contributed by atoms with Crippen LogP contribution in [-0.2, 0) is 24.0 Å². The SMILES string of the molecule is C=C1CCC(N2C(=O)c3cccc(NC(=O)CCCCC(=O)Nc4ccccc4C(=O)NC4CCC(=O)NC4=O)c3C2=O)C(=O)N1. The van der Waals surface area contributed by atoms with Crippen LogP contribution in [0.2, 0.25) is 0 Å². The third kappa shape index (κ3) is 6.85. The van der Waals surface area contributed by atoms with E-state index in [-0.39, 0.29) is 66.1 Å². The second kappa shape index (κ2) is 13.5. The summed E-state index contributed by atoms with van der Waals surface area (Å²) in [6.45, 7) is 3.72. The maximum Gasteiger partial charge on any atom is 0.264 e. The van der Waals surface area contributed by atoms with Crippen LogP contribution in [0.25, 0.3) is 0 Å². The molecule has 5 N–H and O–H groups in total. The lowest BCUT2D eigenvalue weighted by molar-refractivity contribution is -0.134. The Balaban J connectivity index is 1.11. The van der Waals surface area contributed by atoms with Crippen LogP contribution in [0.5, 0.6) is 0 Å². The molecule has 8 amide bonds. The lowest BCUT2D eigenvalue weighted by Gasteiger charge is -2.29. The van der Waals surface area contributed by atoms with Crippen LogP contribution in [-0.4, -0.2) is 64.2 Å². The van der Waals surface area contributed by atoms with Crippen molar-refractivity contribution in [2.75, 3.05) is 10.6 Å². The summed E-state index contributed by atoms with van der Waals surface area (Å²) in [7, 11) is 0. The van der Waals surface area contributed by atoms with Gasteiger partial charge in [-0.25, -0.2) is 0 Å². The van der Waals surface area contributed by atoms with Gasteiger partial charge in [-0.05, 0) is 56.4 Å². The third-order valence-electron chi connectivity index (χ3n) is 7.90. The highest BCUT2D eigenvalue weighted by atomic mass is 16.2. The van der Waals surface area contributed by atoms with E-state index in [9.17, 15) is 38.4 Å². The summed E-state index contributed by atoms with van der Waals surface area (Å²) in [6.07, 6.45) is 1.71. The van der Waals surface area contributed by atoms with Crippen molar-refractivity contribution in [1.29, 1.82) is 0 Å². The molecular formula is C32H32N6O8. The fourth-order valence-electron chi connectivity index (χ4n) is 5.55. The van der Waals surface area contributed by atoms with Gasteiger partial charge in [0.1, 0.15) is 12.1 Å². The van der Waals surface area contributed by atoms with E-state index in [1.54, 1.807) is 24.3 Å². The van der Waals surface area contributed by atoms with Crippen molar-refractivity contribution < 1.29 is 38.4 Å². The molecule has 14 heteroatoms. The molecule has 238 valence electrons. The summed E-state index contributed by atoms with van der Waals surface area (Å²) >= 11 is 0. The Labute approximate surface area is 263 Å². The molecule has 3 heterocycles. The zero-order chi connectivity index (χ0) is 33.0. The van der Waals surface area contributed by atoms with Gasteiger partial charge in [0.2, 0.25) is 29.5 Å². The summed E-state index contributed by atoms with van der Waals surface area (Å²) in [6, 6.07) is 8.98. The Kier molecular flexibility index (Phi) is 9.35. The van der Waals surface area contributed by atoms with Gasteiger partial charge in [-0.1, -0.05) is 24.8 Å². The first kappa shape index (κ1) is 31.8. The first-order valence-electron chi connectivity index (χ1n) is 14.9. The molecular weight excluding hydrogens is 596 g/mol. The second-order valence-corrected chi connectivity index (χ2v) is 11.2. The predicted octanol–water partition coefficient (Wildman–Crippen LogP) is 1.75. The predicted molar refractivity (Wildman–Crippen MR) is 163 cm³/mol. The van der Waals surface area contributed by atoms with Gasteiger partial charge < -0.3 is 21.3 Å². The number of carbonyl (C=O) groups is 8. The summed E-state index contributed by atoms with van der Waals surface area (Å²) in [5.74, 6) is -4.13. The van der Waals surface area contributed by atoms with Crippen LogP contribution < -0.4 is 26.6 Å². The van der Waals surface area contributed by atoms with Crippen molar-refractivity contribution in [3.8, 4) is 0 Å². The lowest BCUT2D eigenvalue weighted by Crippen LogP contribution is -2.52. The fraction of sp³-hybridized carbons (Fsp3) is 0.312. The van der Waals surface area contributed by atoms with Crippen molar-refractivity contribution in [1.82, 2.24) is 20.9 Å². The van der Waals surface area contributed by atoms with Crippen molar-refractivity contribution in [3.05, 3.63) is 71.4 Å². The van der Waals surface area contributed by atoms with Crippen LogP contribution in [0.15, 0.2) is 54.7 Å². The van der Waals surface area contributed by atoms with Crippen LogP contribution in [0.3, 0.4) is 0 Å². The van der Waals surface area contributed by atoms with Gasteiger partial charge in [-0.3, -0.25) is 48.6 Å². The highest BCUT2D eigenvalue weighted by Crippen LogP contribution is 2.33. The van der Waals surface area contributed by atoms with Crippen molar-refractivity contribution in [2.24, 2.45) is 0 Å². The number of fused-ring (bicyclic) bond motifs is 1. The Morgan fingerprint density at radius 3 is 2.15 bits per heavy atom. The third-order valence-corrected chi connectivity index (χ3v) is 7.90. The number of carbonyl (C=O) groups excluding carboxylic acids is 8. The largest absolute Gasteiger partial charge is 0.340 e. The molecule has 0 aliphatic carbocycles. The van der Waals surface area contributed by atoms with E-state index >= 15 is 0 Å². The molecule has 3 aliphatic rings. The van der Waals surface area contributed by atoms with Crippen LogP contribution >= 0.6 is 0 Å². The number of hydrogen-bond acceptors (Lipinski definition) is 8. The average molecular weight is 629 g/mol. The number of hydrogen-bond donors (Lipinski definition) is 5. The van der Waals surface area contributed by atoms with E-state index in [2.05, 4.69) is 33.2 Å². The minimum atomic E-state index is -0.973. The number of amides is 8. The first-order chi connectivity index (χ1) is 22.0. The average Bonchev–Trinajstić information content (AvgIpc) is 3.27. The van der Waals surface area contributed by atoms with E-state index < -0.39 is 53.4 Å². The first-order valence-corrected chi connectivity index (χ1v) is 14.9. The van der Waals surface area contributed by atoms with Gasteiger partial charge >= 0.3 is 0 Å². The minimum Gasteiger partial charge on any atom is -0.340 e. The summed E-state index contributed by atoms with van der Waals surface area (Å²) in [5, 5.41) is 12.7. The maximum atomic E-state index is 13.3. The molecule has 3 aliphatic heterocycles. The summed E-state index contributed by atoms with van der Waals surface area (Å²) < 4.78 is 0. The Hall–Kier alpha value is -5.66. The number of anilines is 2. The van der Waals surface area contributed by atoms with E-state index in [1.165, 1.54) is 18.2 Å². The quantitative estimate of drug-likeness (QED) is 0.193. The monoisotopic (exact) mass is 628 g/mol.